The monoisotopic (exact) mass is 534 g/mol. The van der Waals surface area contributed by atoms with Gasteiger partial charge in [-0.1, -0.05) is 12.1 Å². The molecule has 1 aliphatic heterocycles. The van der Waals surface area contributed by atoms with E-state index in [0.29, 0.717) is 5.56 Å². The highest BCUT2D eigenvalue weighted by molar-refractivity contribution is 7.97. The Morgan fingerprint density at radius 1 is 0.943 bits per heavy atom. The molecule has 15 heteroatoms. The van der Waals surface area contributed by atoms with Gasteiger partial charge in [0.05, 0.1) is 12.0 Å². The third-order valence-electron chi connectivity index (χ3n) is 4.56. The molecular weight excluding hydrogens is 508 g/mol. The second kappa shape index (κ2) is 12.3. The predicted molar refractivity (Wildman–Crippen MR) is 120 cm³/mol. The van der Waals surface area contributed by atoms with E-state index in [2.05, 4.69) is 4.72 Å². The molecule has 1 fully saturated rings. The van der Waals surface area contributed by atoms with E-state index in [1.165, 1.54) is 24.3 Å². The topological polar surface area (TPSA) is 187 Å². The highest BCUT2D eigenvalue weighted by atomic mass is 32.2. The van der Waals surface area contributed by atoms with Crippen LogP contribution in [-0.2, 0) is 59.4 Å². The molecule has 0 bridgehead atoms. The van der Waals surface area contributed by atoms with Gasteiger partial charge < -0.3 is 23.7 Å². The van der Waals surface area contributed by atoms with Crippen molar-refractivity contribution >= 4 is 45.8 Å². The number of hydrogen-bond acceptors (Lipinski definition) is 13. The second-order valence-electron chi connectivity index (χ2n) is 7.30. The summed E-state index contributed by atoms with van der Waals surface area (Å²) in [5, 5.41) is 5.09. The average Bonchev–Trinajstić information content (AvgIpc) is 2.75. The van der Waals surface area contributed by atoms with Gasteiger partial charge in [-0.2, -0.15) is 0 Å². The Morgan fingerprint density at radius 3 is 1.94 bits per heavy atom. The van der Waals surface area contributed by atoms with Crippen LogP contribution in [0, 0.1) is 0 Å². The van der Waals surface area contributed by atoms with E-state index < -0.39 is 63.8 Å². The molecule has 0 aromatic heterocycles. The number of hydrogen-bond donors (Lipinski definition) is 2. The number of carbonyl (C=O) groups excluding carboxylic acids is 4. The van der Waals surface area contributed by atoms with Crippen LogP contribution in [0.2, 0.25) is 0 Å². The van der Waals surface area contributed by atoms with E-state index >= 15 is 0 Å². The number of sulfonamides is 1. The Morgan fingerprint density at radius 2 is 1.46 bits per heavy atom. The van der Waals surface area contributed by atoms with Gasteiger partial charge in [0, 0.05) is 27.3 Å². The molecule has 1 saturated heterocycles. The fraction of sp³-hybridized carbons (Fsp3) is 0.500. The predicted octanol–water partition coefficient (Wildman–Crippen LogP) is -0.235. The molecule has 0 aliphatic carbocycles. The van der Waals surface area contributed by atoms with Crippen molar-refractivity contribution in [3.8, 4) is 0 Å². The Bertz CT molecular complexity index is 1050. The number of rotatable bonds is 9. The van der Waals surface area contributed by atoms with Gasteiger partial charge >= 0.3 is 23.9 Å². The molecular formula is C20H26N2O11S2. The number of nitrogens with two attached hydrogens (primary N) is 1. The Balaban J connectivity index is 2.28. The molecule has 1 aromatic rings. The number of carbonyl (C=O) groups is 4. The van der Waals surface area contributed by atoms with E-state index in [9.17, 15) is 27.6 Å². The van der Waals surface area contributed by atoms with Crippen LogP contribution in [-0.4, -0.2) is 69.3 Å². The van der Waals surface area contributed by atoms with Crippen LogP contribution >= 0.6 is 11.9 Å². The van der Waals surface area contributed by atoms with Crippen LogP contribution < -0.4 is 9.86 Å². The van der Waals surface area contributed by atoms with Crippen molar-refractivity contribution in [1.29, 1.82) is 0 Å². The zero-order valence-electron chi connectivity index (χ0n) is 19.3. The lowest BCUT2D eigenvalue weighted by molar-refractivity contribution is -0.235. The summed E-state index contributed by atoms with van der Waals surface area (Å²) in [6.45, 7) is 3.50. The fourth-order valence-corrected chi connectivity index (χ4v) is 4.63. The molecule has 1 heterocycles. The summed E-state index contributed by atoms with van der Waals surface area (Å²) in [4.78, 5) is 47.6. The standard InChI is InChI=1S/C20H26N2O11S2/c1-10(23)30-15-16(31-11(2)24)18(32-12(3)25)20(33-17(15)19(26)29-4)34-22-9-13-5-7-14(8-6-13)35(21,27)28/h5-8,15-18,20,22H,9H2,1-4H3,(H2,21,27,28)/t15-,16+,17+,18-,20+/m1/s1. The molecule has 3 N–H and O–H groups in total. The van der Waals surface area contributed by atoms with Crippen LogP contribution in [0.3, 0.4) is 0 Å². The van der Waals surface area contributed by atoms with Crippen molar-refractivity contribution in [3.05, 3.63) is 29.8 Å². The number of benzene rings is 1. The fourth-order valence-electron chi connectivity index (χ4n) is 3.18. The maximum Gasteiger partial charge on any atom is 0.339 e. The quantitative estimate of drug-likeness (QED) is 0.240. The highest BCUT2D eigenvalue weighted by Gasteiger charge is 2.54. The lowest BCUT2D eigenvalue weighted by atomic mass is 9.99. The van der Waals surface area contributed by atoms with Gasteiger partial charge in [0.25, 0.3) is 0 Å². The van der Waals surface area contributed by atoms with E-state index in [-0.39, 0.29) is 11.4 Å². The molecule has 1 aliphatic rings. The molecule has 0 unspecified atom stereocenters. The van der Waals surface area contributed by atoms with E-state index in [1.807, 2.05) is 0 Å². The smallest absolute Gasteiger partial charge is 0.339 e. The maximum atomic E-state index is 12.4. The minimum Gasteiger partial charge on any atom is -0.467 e. The van der Waals surface area contributed by atoms with E-state index in [0.717, 1.165) is 39.8 Å². The number of ether oxygens (including phenoxy) is 5. The third-order valence-corrected chi connectivity index (χ3v) is 6.41. The molecule has 0 saturated carbocycles. The first-order valence-electron chi connectivity index (χ1n) is 10.1. The summed E-state index contributed by atoms with van der Waals surface area (Å²) in [5.41, 5.74) is -0.438. The molecule has 194 valence electrons. The summed E-state index contributed by atoms with van der Waals surface area (Å²) < 4.78 is 52.1. The Labute approximate surface area is 206 Å². The number of primary sulfonamides is 1. The zero-order chi connectivity index (χ0) is 26.3. The largest absolute Gasteiger partial charge is 0.467 e. The maximum absolute atomic E-state index is 12.4. The summed E-state index contributed by atoms with van der Waals surface area (Å²) in [7, 11) is -2.74. The van der Waals surface area contributed by atoms with Gasteiger partial charge in [0.1, 0.15) is 0 Å². The Kier molecular flexibility index (Phi) is 10.0. The van der Waals surface area contributed by atoms with E-state index in [4.69, 9.17) is 28.8 Å². The highest BCUT2D eigenvalue weighted by Crippen LogP contribution is 2.33. The summed E-state index contributed by atoms with van der Waals surface area (Å²) >= 11 is 0.903. The van der Waals surface area contributed by atoms with Gasteiger partial charge in [-0.15, -0.1) is 0 Å². The molecule has 0 spiro atoms. The minimum atomic E-state index is -3.84. The van der Waals surface area contributed by atoms with Crippen LogP contribution in [0.5, 0.6) is 0 Å². The van der Waals surface area contributed by atoms with Gasteiger partial charge in [-0.3, -0.25) is 19.1 Å². The van der Waals surface area contributed by atoms with E-state index in [1.54, 1.807) is 0 Å². The first-order valence-corrected chi connectivity index (χ1v) is 12.5. The molecule has 13 nitrogen and oxygen atoms in total. The lowest BCUT2D eigenvalue weighted by Crippen LogP contribution is -2.62. The molecule has 0 radical (unpaired) electrons. The summed E-state index contributed by atoms with van der Waals surface area (Å²) in [5.74, 6) is -3.21. The van der Waals surface area contributed by atoms with Gasteiger partial charge in [-0.25, -0.2) is 18.4 Å². The molecule has 2 rings (SSSR count). The van der Waals surface area contributed by atoms with Gasteiger partial charge in [0.15, 0.2) is 29.9 Å². The number of nitrogens with one attached hydrogen (secondary N) is 1. The number of esters is 4. The van der Waals surface area contributed by atoms with Gasteiger partial charge in [0.2, 0.25) is 10.0 Å². The minimum absolute atomic E-state index is 0.0545. The molecule has 0 amide bonds. The second-order valence-corrected chi connectivity index (χ2v) is 9.85. The summed E-state index contributed by atoms with van der Waals surface area (Å²) in [6, 6.07) is 5.75. The van der Waals surface area contributed by atoms with Gasteiger partial charge in [-0.05, 0) is 29.6 Å². The first kappa shape index (κ1) is 28.5. The lowest BCUT2D eigenvalue weighted by Gasteiger charge is -2.43. The van der Waals surface area contributed by atoms with Crippen molar-refractivity contribution in [3.63, 3.8) is 0 Å². The molecule has 35 heavy (non-hydrogen) atoms. The molecule has 1 aromatic carbocycles. The van der Waals surface area contributed by atoms with Crippen molar-refractivity contribution in [2.24, 2.45) is 5.14 Å². The van der Waals surface area contributed by atoms with Crippen LogP contribution in [0.4, 0.5) is 0 Å². The van der Waals surface area contributed by atoms with Crippen molar-refractivity contribution < 1.29 is 51.3 Å². The van der Waals surface area contributed by atoms with Crippen LogP contribution in [0.1, 0.15) is 26.3 Å². The SMILES string of the molecule is COC(=O)[C@H]1O[C@@H](SNCc2ccc(S(N)(=O)=O)cc2)[C@H](OC(C)=O)[C@@H](OC(C)=O)[C@H]1OC(C)=O. The molecule has 5 atom stereocenters. The summed E-state index contributed by atoms with van der Waals surface area (Å²) in [6.07, 6.45) is -5.60. The number of methoxy groups -OCH3 is 1. The third kappa shape index (κ3) is 8.17. The van der Waals surface area contributed by atoms with Crippen molar-refractivity contribution in [2.75, 3.05) is 7.11 Å². The zero-order valence-corrected chi connectivity index (χ0v) is 20.9. The Hall–Kier alpha value is -2.72. The first-order chi connectivity index (χ1) is 16.3. The average molecular weight is 535 g/mol. The van der Waals surface area contributed by atoms with Crippen molar-refractivity contribution in [2.45, 2.75) is 62.1 Å². The normalized spacial score (nSPS) is 24.2. The van der Waals surface area contributed by atoms with Crippen molar-refractivity contribution in [1.82, 2.24) is 4.72 Å². The van der Waals surface area contributed by atoms with Crippen LogP contribution in [0.15, 0.2) is 29.2 Å². The van der Waals surface area contributed by atoms with Crippen LogP contribution in [0.25, 0.3) is 0 Å².